The molecule has 6 heteroatoms. The number of carbonyl (C=O) groups is 1. The number of amides is 1. The van der Waals surface area contributed by atoms with Crippen LogP contribution >= 0.6 is 0 Å². The Balaban J connectivity index is 1.86. The molecule has 1 amide bonds. The summed E-state index contributed by atoms with van der Waals surface area (Å²) >= 11 is 0. The number of pyridine rings is 1. The van der Waals surface area contributed by atoms with Gasteiger partial charge in [0.15, 0.2) is 0 Å². The minimum Gasteiger partial charge on any atom is -0.444 e. The van der Waals surface area contributed by atoms with Gasteiger partial charge in [0.1, 0.15) is 5.60 Å². The average Bonchev–Trinajstić information content (AvgIpc) is 2.59. The minimum absolute atomic E-state index is 0.344. The number of aromatic nitrogens is 1. The van der Waals surface area contributed by atoms with Gasteiger partial charge in [0.25, 0.3) is 0 Å². The van der Waals surface area contributed by atoms with Crippen LogP contribution in [-0.2, 0) is 11.3 Å². The lowest BCUT2D eigenvalue weighted by atomic mass is 10.1. The van der Waals surface area contributed by atoms with Crippen molar-refractivity contribution in [2.75, 3.05) is 19.6 Å². The van der Waals surface area contributed by atoms with Crippen LogP contribution in [0.5, 0.6) is 0 Å². The van der Waals surface area contributed by atoms with E-state index in [1.54, 1.807) is 18.0 Å². The van der Waals surface area contributed by atoms with E-state index in [1.807, 2.05) is 33.0 Å². The van der Waals surface area contributed by atoms with Crippen molar-refractivity contribution >= 4 is 16.9 Å². The molecule has 2 aromatic rings. The smallest absolute Gasteiger partial charge is 0.410 e. The molecule has 0 bridgehead atoms. The predicted molar refractivity (Wildman–Crippen MR) is 108 cm³/mol. The summed E-state index contributed by atoms with van der Waals surface area (Å²) in [5.74, 6) is 0. The fourth-order valence-electron chi connectivity index (χ4n) is 2.65. The molecule has 0 aliphatic rings. The van der Waals surface area contributed by atoms with Crippen LogP contribution in [0, 0.1) is 0 Å². The number of nitrogens with zero attached hydrogens (tertiary/aromatic N) is 2. The molecule has 2 rings (SSSR count). The zero-order valence-corrected chi connectivity index (χ0v) is 16.7. The molecule has 1 heterocycles. The van der Waals surface area contributed by atoms with Gasteiger partial charge in [-0.25, -0.2) is 4.79 Å². The van der Waals surface area contributed by atoms with Crippen LogP contribution in [0.25, 0.3) is 10.8 Å². The van der Waals surface area contributed by atoms with Crippen molar-refractivity contribution in [3.8, 4) is 0 Å². The number of hydrogen-bond donors (Lipinski definition) is 2. The number of fused-ring (bicyclic) bond motifs is 1. The quantitative estimate of drug-likeness (QED) is 0.694. The van der Waals surface area contributed by atoms with Gasteiger partial charge >= 0.3 is 6.09 Å². The van der Waals surface area contributed by atoms with Crippen LogP contribution in [-0.4, -0.2) is 52.4 Å². The van der Waals surface area contributed by atoms with Gasteiger partial charge in [-0.15, -0.1) is 0 Å². The topological polar surface area (TPSA) is 74.7 Å². The fourth-order valence-corrected chi connectivity index (χ4v) is 2.65. The monoisotopic (exact) mass is 373 g/mol. The van der Waals surface area contributed by atoms with E-state index in [1.165, 1.54) is 5.56 Å². The van der Waals surface area contributed by atoms with Gasteiger partial charge in [0, 0.05) is 44.0 Å². The Kier molecular flexibility index (Phi) is 7.56. The second kappa shape index (κ2) is 9.67. The van der Waals surface area contributed by atoms with Gasteiger partial charge in [0.2, 0.25) is 0 Å². The van der Waals surface area contributed by atoms with Crippen LogP contribution in [0.2, 0.25) is 0 Å². The van der Waals surface area contributed by atoms with E-state index >= 15 is 0 Å². The molecule has 1 atom stereocenters. The first-order chi connectivity index (χ1) is 12.7. The zero-order chi connectivity index (χ0) is 19.9. The maximum atomic E-state index is 12.4. The first kappa shape index (κ1) is 21.1. The van der Waals surface area contributed by atoms with Crippen molar-refractivity contribution in [3.05, 3.63) is 42.2 Å². The lowest BCUT2D eigenvalue weighted by Crippen LogP contribution is -2.41. The average molecular weight is 373 g/mol. The molecule has 0 spiro atoms. The Morgan fingerprint density at radius 3 is 2.74 bits per heavy atom. The maximum absolute atomic E-state index is 12.4. The molecule has 0 unspecified atom stereocenters. The second-order valence-corrected chi connectivity index (χ2v) is 7.84. The summed E-state index contributed by atoms with van der Waals surface area (Å²) in [6.45, 7) is 9.64. The van der Waals surface area contributed by atoms with Crippen LogP contribution in [0.1, 0.15) is 39.7 Å². The molecule has 0 saturated carbocycles. The zero-order valence-electron chi connectivity index (χ0n) is 16.7. The van der Waals surface area contributed by atoms with E-state index < -0.39 is 11.7 Å². The van der Waals surface area contributed by atoms with E-state index in [0.717, 1.165) is 17.3 Å². The Morgan fingerprint density at radius 2 is 2.04 bits per heavy atom. The number of carbonyl (C=O) groups excluding carboxylic acids is 1. The van der Waals surface area contributed by atoms with E-state index in [4.69, 9.17) is 4.74 Å². The summed E-state index contributed by atoms with van der Waals surface area (Å²) in [5.41, 5.74) is 0.648. The highest BCUT2D eigenvalue weighted by molar-refractivity contribution is 5.81. The molecule has 27 heavy (non-hydrogen) atoms. The van der Waals surface area contributed by atoms with Crippen molar-refractivity contribution in [3.63, 3.8) is 0 Å². The van der Waals surface area contributed by atoms with Crippen molar-refractivity contribution in [2.45, 2.75) is 52.4 Å². The molecule has 0 radical (unpaired) electrons. The SMILES string of the molecule is C[C@@H](O)CCN(CCNCc1ccc2cnccc2c1)C(=O)OC(C)(C)C. The first-order valence-electron chi connectivity index (χ1n) is 9.44. The third-order valence-corrected chi connectivity index (χ3v) is 4.06. The van der Waals surface area contributed by atoms with Gasteiger partial charge in [-0.1, -0.05) is 12.1 Å². The van der Waals surface area contributed by atoms with E-state index in [9.17, 15) is 9.90 Å². The number of ether oxygens (including phenoxy) is 1. The van der Waals surface area contributed by atoms with Crippen LogP contribution in [0.3, 0.4) is 0 Å². The van der Waals surface area contributed by atoms with Crippen molar-refractivity contribution in [1.82, 2.24) is 15.2 Å². The number of aliphatic hydroxyl groups excluding tert-OH is 1. The van der Waals surface area contributed by atoms with Gasteiger partial charge in [-0.3, -0.25) is 4.98 Å². The van der Waals surface area contributed by atoms with E-state index in [-0.39, 0.29) is 6.09 Å². The van der Waals surface area contributed by atoms with Crippen LogP contribution in [0.4, 0.5) is 4.79 Å². The molecule has 0 fully saturated rings. The molecule has 0 saturated heterocycles. The second-order valence-electron chi connectivity index (χ2n) is 7.84. The van der Waals surface area contributed by atoms with Crippen molar-refractivity contribution in [2.24, 2.45) is 0 Å². The summed E-state index contributed by atoms with van der Waals surface area (Å²) in [4.78, 5) is 18.1. The predicted octanol–water partition coefficient (Wildman–Crippen LogP) is 3.33. The Morgan fingerprint density at radius 1 is 1.26 bits per heavy atom. The van der Waals surface area contributed by atoms with E-state index in [2.05, 4.69) is 28.5 Å². The maximum Gasteiger partial charge on any atom is 0.410 e. The van der Waals surface area contributed by atoms with Crippen molar-refractivity contribution in [1.29, 1.82) is 0 Å². The number of aliphatic hydroxyl groups is 1. The highest BCUT2D eigenvalue weighted by Crippen LogP contribution is 2.14. The molecule has 1 aromatic heterocycles. The molecule has 148 valence electrons. The van der Waals surface area contributed by atoms with Gasteiger partial charge in [-0.2, -0.15) is 0 Å². The Bertz CT molecular complexity index is 741. The number of benzene rings is 1. The molecular formula is C21H31N3O3. The highest BCUT2D eigenvalue weighted by atomic mass is 16.6. The molecule has 0 aliphatic heterocycles. The van der Waals surface area contributed by atoms with Gasteiger partial charge in [0.05, 0.1) is 6.10 Å². The standard InChI is InChI=1S/C21H31N3O3/c1-16(25)8-11-24(20(26)27-21(2,3)4)12-10-23-14-17-5-6-19-15-22-9-7-18(19)13-17/h5-7,9,13,15-16,23,25H,8,10-12,14H2,1-4H3/t16-/m1/s1. The molecular weight excluding hydrogens is 342 g/mol. The number of nitrogens with one attached hydrogen (secondary N) is 1. The third-order valence-electron chi connectivity index (χ3n) is 4.06. The van der Waals surface area contributed by atoms with E-state index in [0.29, 0.717) is 26.1 Å². The lowest BCUT2D eigenvalue weighted by Gasteiger charge is -2.28. The molecule has 2 N–H and O–H groups in total. The number of hydrogen-bond acceptors (Lipinski definition) is 5. The summed E-state index contributed by atoms with van der Waals surface area (Å²) in [6.07, 6.45) is 3.38. The lowest BCUT2D eigenvalue weighted by molar-refractivity contribution is 0.0228. The Hall–Kier alpha value is -2.18. The largest absolute Gasteiger partial charge is 0.444 e. The summed E-state index contributed by atoms with van der Waals surface area (Å²) < 4.78 is 5.47. The highest BCUT2D eigenvalue weighted by Gasteiger charge is 2.22. The fraction of sp³-hybridized carbons (Fsp3) is 0.524. The molecule has 0 aliphatic carbocycles. The summed E-state index contributed by atoms with van der Waals surface area (Å²) in [7, 11) is 0. The third kappa shape index (κ3) is 7.53. The summed E-state index contributed by atoms with van der Waals surface area (Å²) in [6, 6.07) is 8.29. The summed E-state index contributed by atoms with van der Waals surface area (Å²) in [5, 5.41) is 15.2. The minimum atomic E-state index is -0.534. The Labute approximate surface area is 161 Å². The molecule has 1 aromatic carbocycles. The van der Waals surface area contributed by atoms with Crippen molar-refractivity contribution < 1.29 is 14.6 Å². The van der Waals surface area contributed by atoms with Crippen LogP contribution in [0.15, 0.2) is 36.7 Å². The first-order valence-corrected chi connectivity index (χ1v) is 9.44. The normalized spacial score (nSPS) is 12.8. The van der Waals surface area contributed by atoms with Gasteiger partial charge in [-0.05, 0) is 57.2 Å². The molecule has 6 nitrogen and oxygen atoms in total. The van der Waals surface area contributed by atoms with Gasteiger partial charge < -0.3 is 20.1 Å². The number of rotatable bonds is 8. The van der Waals surface area contributed by atoms with Crippen LogP contribution < -0.4 is 5.32 Å².